The Bertz CT molecular complexity index is 424. The lowest BCUT2D eigenvalue weighted by Gasteiger charge is -2.03. The number of phenolic OH excluding ortho intramolecular Hbond substituents is 2. The summed E-state index contributed by atoms with van der Waals surface area (Å²) >= 11 is 0. The molecular formula is C10H12ClFN2O2. The molecule has 1 aliphatic heterocycles. The Labute approximate surface area is 98.2 Å². The molecule has 0 radical (unpaired) electrons. The number of aromatic hydroxyl groups is 2. The molecule has 0 aliphatic carbocycles. The number of benzene rings is 1. The maximum absolute atomic E-state index is 13.3. The van der Waals surface area contributed by atoms with E-state index in [0.717, 1.165) is 25.0 Å². The lowest BCUT2D eigenvalue weighted by molar-refractivity contribution is -0.445. The lowest BCUT2D eigenvalue weighted by atomic mass is 10.1. The molecule has 6 heteroatoms. The Morgan fingerprint density at radius 1 is 1.31 bits per heavy atom. The SMILES string of the molecule is Oc1cc(F)c(CC2=[NH+]CCN2)cc1O.[Cl-]. The van der Waals surface area contributed by atoms with E-state index >= 15 is 0 Å². The summed E-state index contributed by atoms with van der Waals surface area (Å²) in [5.74, 6) is -0.425. The third kappa shape index (κ3) is 2.55. The summed E-state index contributed by atoms with van der Waals surface area (Å²) < 4.78 is 13.3. The van der Waals surface area contributed by atoms with Gasteiger partial charge in [-0.05, 0) is 6.07 Å². The Kier molecular flexibility index (Phi) is 3.95. The zero-order valence-electron chi connectivity index (χ0n) is 8.43. The van der Waals surface area contributed by atoms with Gasteiger partial charge >= 0.3 is 0 Å². The second-order valence-electron chi connectivity index (χ2n) is 3.44. The molecule has 0 fully saturated rings. The van der Waals surface area contributed by atoms with Gasteiger partial charge in [-0.15, -0.1) is 0 Å². The van der Waals surface area contributed by atoms with E-state index in [1.807, 2.05) is 0 Å². The molecule has 0 unspecified atom stereocenters. The van der Waals surface area contributed by atoms with Crippen molar-refractivity contribution in [2.45, 2.75) is 6.42 Å². The van der Waals surface area contributed by atoms with Gasteiger partial charge in [-0.3, -0.25) is 10.3 Å². The highest BCUT2D eigenvalue weighted by molar-refractivity contribution is 5.80. The summed E-state index contributed by atoms with van der Waals surface area (Å²) in [6.07, 6.45) is 0.361. The molecule has 4 N–H and O–H groups in total. The summed E-state index contributed by atoms with van der Waals surface area (Å²) in [6.45, 7) is 1.64. The average Bonchev–Trinajstić information content (AvgIpc) is 2.67. The molecule has 0 saturated carbocycles. The van der Waals surface area contributed by atoms with Gasteiger partial charge in [0.25, 0.3) is 0 Å². The first-order valence-corrected chi connectivity index (χ1v) is 4.71. The van der Waals surface area contributed by atoms with Gasteiger partial charge in [0.15, 0.2) is 11.5 Å². The maximum Gasteiger partial charge on any atom is 0.247 e. The predicted octanol–water partition coefficient (Wildman–Crippen LogP) is -4.13. The first kappa shape index (κ1) is 12.6. The molecule has 0 amide bonds. The number of hydrogen-bond acceptors (Lipinski definition) is 3. The number of phenols is 2. The summed E-state index contributed by atoms with van der Waals surface area (Å²) in [6, 6.07) is 2.15. The third-order valence-corrected chi connectivity index (χ3v) is 2.31. The quantitative estimate of drug-likeness (QED) is 0.401. The number of halogens is 2. The van der Waals surface area contributed by atoms with Crippen molar-refractivity contribution in [3.8, 4) is 11.5 Å². The summed E-state index contributed by atoms with van der Waals surface area (Å²) in [4.78, 5) is 3.06. The fourth-order valence-corrected chi connectivity index (χ4v) is 1.53. The van der Waals surface area contributed by atoms with E-state index in [4.69, 9.17) is 5.11 Å². The second-order valence-corrected chi connectivity index (χ2v) is 3.44. The van der Waals surface area contributed by atoms with Gasteiger partial charge in [0, 0.05) is 11.6 Å². The molecule has 4 nitrogen and oxygen atoms in total. The lowest BCUT2D eigenvalue weighted by Crippen LogP contribution is -3.00. The van der Waals surface area contributed by atoms with Crippen molar-refractivity contribution in [1.82, 2.24) is 5.32 Å². The van der Waals surface area contributed by atoms with Crippen molar-refractivity contribution in [3.05, 3.63) is 23.5 Å². The number of rotatable bonds is 2. The molecule has 0 atom stereocenters. The zero-order chi connectivity index (χ0) is 10.8. The molecule has 2 rings (SSSR count). The van der Waals surface area contributed by atoms with Gasteiger partial charge in [-0.2, -0.15) is 0 Å². The Morgan fingerprint density at radius 3 is 2.62 bits per heavy atom. The highest BCUT2D eigenvalue weighted by atomic mass is 35.5. The van der Waals surface area contributed by atoms with Gasteiger partial charge in [0.05, 0.1) is 6.42 Å². The first-order valence-electron chi connectivity index (χ1n) is 4.71. The van der Waals surface area contributed by atoms with Crippen LogP contribution >= 0.6 is 0 Å². The van der Waals surface area contributed by atoms with Crippen molar-refractivity contribution in [1.29, 1.82) is 0 Å². The fraction of sp³-hybridized carbons (Fsp3) is 0.300. The minimum atomic E-state index is -0.520. The van der Waals surface area contributed by atoms with Crippen LogP contribution in [-0.2, 0) is 6.42 Å². The molecule has 1 aromatic rings. The van der Waals surface area contributed by atoms with E-state index < -0.39 is 11.6 Å². The zero-order valence-corrected chi connectivity index (χ0v) is 9.18. The third-order valence-electron chi connectivity index (χ3n) is 2.31. The van der Waals surface area contributed by atoms with Gasteiger partial charge in [0.2, 0.25) is 5.84 Å². The van der Waals surface area contributed by atoms with Crippen LogP contribution in [-0.4, -0.2) is 29.1 Å². The van der Waals surface area contributed by atoms with E-state index in [0.29, 0.717) is 12.0 Å². The molecular weight excluding hydrogens is 235 g/mol. The summed E-state index contributed by atoms with van der Waals surface area (Å²) in [5.41, 5.74) is 0.349. The Hall–Kier alpha value is -1.49. The standard InChI is InChI=1S/C10H11FN2O2.ClH/c11-7-5-9(15)8(14)3-6(7)4-10-12-1-2-13-10;/h3,5,14-15H,1-2,4H2,(H,12,13);1H. The van der Waals surface area contributed by atoms with Crippen molar-refractivity contribution >= 4 is 5.84 Å². The highest BCUT2D eigenvalue weighted by Crippen LogP contribution is 2.27. The normalized spacial score (nSPS) is 13.9. The molecule has 0 aromatic heterocycles. The molecule has 0 bridgehead atoms. The van der Waals surface area contributed by atoms with E-state index in [2.05, 4.69) is 10.3 Å². The average molecular weight is 247 g/mol. The predicted molar refractivity (Wildman–Crippen MR) is 52.3 cm³/mol. The van der Waals surface area contributed by atoms with Crippen molar-refractivity contribution in [2.75, 3.05) is 13.1 Å². The van der Waals surface area contributed by atoms with Crippen LogP contribution in [0.4, 0.5) is 4.39 Å². The van der Waals surface area contributed by atoms with Crippen LogP contribution in [0.5, 0.6) is 11.5 Å². The minimum Gasteiger partial charge on any atom is -1.00 e. The van der Waals surface area contributed by atoms with Crippen LogP contribution < -0.4 is 22.7 Å². The Balaban J connectivity index is 0.00000128. The smallest absolute Gasteiger partial charge is 0.247 e. The van der Waals surface area contributed by atoms with E-state index in [-0.39, 0.29) is 18.2 Å². The number of nitrogens with one attached hydrogen (secondary N) is 2. The van der Waals surface area contributed by atoms with Gasteiger partial charge < -0.3 is 22.6 Å². The molecule has 1 aromatic carbocycles. The minimum absolute atomic E-state index is 0. The molecule has 1 aliphatic rings. The fourth-order valence-electron chi connectivity index (χ4n) is 1.53. The van der Waals surface area contributed by atoms with Crippen molar-refractivity contribution < 1.29 is 32.0 Å². The van der Waals surface area contributed by atoms with Gasteiger partial charge in [0.1, 0.15) is 18.9 Å². The van der Waals surface area contributed by atoms with E-state index in [1.165, 1.54) is 6.07 Å². The second kappa shape index (κ2) is 5.03. The largest absolute Gasteiger partial charge is 1.00 e. The van der Waals surface area contributed by atoms with Crippen LogP contribution in [0.25, 0.3) is 0 Å². The monoisotopic (exact) mass is 246 g/mol. The molecule has 1 heterocycles. The van der Waals surface area contributed by atoms with E-state index in [1.54, 1.807) is 0 Å². The highest BCUT2D eigenvalue weighted by Gasteiger charge is 2.16. The van der Waals surface area contributed by atoms with Crippen LogP contribution in [0.15, 0.2) is 12.1 Å². The topological polar surface area (TPSA) is 66.5 Å². The number of hydrogen-bond donors (Lipinski definition) is 4. The van der Waals surface area contributed by atoms with E-state index in [9.17, 15) is 9.50 Å². The van der Waals surface area contributed by atoms with Crippen LogP contribution in [0.3, 0.4) is 0 Å². The maximum atomic E-state index is 13.3. The van der Waals surface area contributed by atoms with Crippen LogP contribution in [0.1, 0.15) is 5.56 Å². The summed E-state index contributed by atoms with van der Waals surface area (Å²) in [5, 5.41) is 21.4. The van der Waals surface area contributed by atoms with Crippen LogP contribution in [0, 0.1) is 5.82 Å². The summed E-state index contributed by atoms with van der Waals surface area (Å²) in [7, 11) is 0. The first-order chi connectivity index (χ1) is 7.16. The molecule has 0 spiro atoms. The van der Waals surface area contributed by atoms with Gasteiger partial charge in [-0.1, -0.05) is 0 Å². The van der Waals surface area contributed by atoms with Gasteiger partial charge in [-0.25, -0.2) is 4.39 Å². The van der Waals surface area contributed by atoms with Crippen molar-refractivity contribution in [2.24, 2.45) is 0 Å². The molecule has 88 valence electrons. The molecule has 0 saturated heterocycles. The number of amidine groups is 1. The molecule has 16 heavy (non-hydrogen) atoms. The van der Waals surface area contributed by atoms with Crippen LogP contribution in [0.2, 0.25) is 0 Å². The Morgan fingerprint density at radius 2 is 2.00 bits per heavy atom. The van der Waals surface area contributed by atoms with Crippen molar-refractivity contribution in [3.63, 3.8) is 0 Å².